The Morgan fingerprint density at radius 1 is 1.03 bits per heavy atom. The van der Waals surface area contributed by atoms with Gasteiger partial charge in [-0.05, 0) is 31.0 Å². The van der Waals surface area contributed by atoms with Gasteiger partial charge < -0.3 is 10.2 Å². The number of unbranched alkanes of at least 4 members (excludes halogenated alkanes) is 1. The minimum atomic E-state index is -4.20. The molecule has 0 saturated heterocycles. The van der Waals surface area contributed by atoms with Crippen molar-refractivity contribution in [3.8, 4) is 0 Å². The molecule has 8 nitrogen and oxygen atoms in total. The van der Waals surface area contributed by atoms with Crippen molar-refractivity contribution in [1.82, 2.24) is 14.5 Å². The van der Waals surface area contributed by atoms with Crippen molar-refractivity contribution >= 4 is 27.7 Å². The number of nitrogens with one attached hydrogen (secondary N) is 1. The molecule has 0 spiro atoms. The van der Waals surface area contributed by atoms with Crippen LogP contribution in [0.15, 0.2) is 54.6 Å². The van der Waals surface area contributed by atoms with Crippen molar-refractivity contribution in [2.75, 3.05) is 31.5 Å². The van der Waals surface area contributed by atoms with Gasteiger partial charge in [-0.25, -0.2) is 8.70 Å². The van der Waals surface area contributed by atoms with Gasteiger partial charge in [0.2, 0.25) is 11.8 Å². The molecule has 34 heavy (non-hydrogen) atoms. The Labute approximate surface area is 201 Å². The van der Waals surface area contributed by atoms with Crippen LogP contribution in [0.3, 0.4) is 0 Å². The molecule has 0 bridgehead atoms. The first-order chi connectivity index (χ1) is 16.1. The molecule has 1 N–H and O–H groups in total. The molecule has 0 radical (unpaired) electrons. The van der Waals surface area contributed by atoms with Gasteiger partial charge in [-0.1, -0.05) is 55.8 Å². The first kappa shape index (κ1) is 27.3. The molecule has 0 fully saturated rings. The molecule has 2 amide bonds. The monoisotopic (exact) mass is 492 g/mol. The number of amides is 2. The Morgan fingerprint density at radius 3 is 2.24 bits per heavy atom. The van der Waals surface area contributed by atoms with Crippen molar-refractivity contribution in [3.05, 3.63) is 66.0 Å². The summed E-state index contributed by atoms with van der Waals surface area (Å²) in [4.78, 5) is 27.6. The summed E-state index contributed by atoms with van der Waals surface area (Å²) in [6.45, 7) is 3.50. The van der Waals surface area contributed by atoms with Gasteiger partial charge in [-0.15, -0.1) is 0 Å². The number of carbonyl (C=O) groups excluding carboxylic acids is 2. The number of halogens is 1. The smallest absolute Gasteiger partial charge is 0.304 e. The van der Waals surface area contributed by atoms with Crippen LogP contribution in [-0.2, 0) is 26.3 Å². The first-order valence-electron chi connectivity index (χ1n) is 11.1. The zero-order valence-electron chi connectivity index (χ0n) is 20.1. The van der Waals surface area contributed by atoms with E-state index in [9.17, 15) is 22.4 Å². The summed E-state index contributed by atoms with van der Waals surface area (Å²) in [7, 11) is -1.59. The van der Waals surface area contributed by atoms with Crippen molar-refractivity contribution < 1.29 is 22.4 Å². The Hall–Kier alpha value is -2.98. The Kier molecular flexibility index (Phi) is 10.0. The van der Waals surface area contributed by atoms with Gasteiger partial charge in [-0.2, -0.15) is 12.7 Å². The van der Waals surface area contributed by atoms with Crippen LogP contribution in [0.4, 0.5) is 10.1 Å². The molecule has 0 unspecified atom stereocenters. The highest BCUT2D eigenvalue weighted by atomic mass is 32.2. The van der Waals surface area contributed by atoms with E-state index in [4.69, 9.17) is 0 Å². The lowest BCUT2D eigenvalue weighted by molar-refractivity contribution is -0.139. The lowest BCUT2D eigenvalue weighted by atomic mass is 10.1. The first-order valence-corrected chi connectivity index (χ1v) is 12.5. The third-order valence-corrected chi connectivity index (χ3v) is 7.14. The molecule has 2 aromatic rings. The Morgan fingerprint density at radius 2 is 1.65 bits per heavy atom. The summed E-state index contributed by atoms with van der Waals surface area (Å²) >= 11 is 0. The average molecular weight is 493 g/mol. The molecule has 0 aliphatic rings. The van der Waals surface area contributed by atoms with Crippen molar-refractivity contribution in [2.24, 2.45) is 0 Å². The maximum absolute atomic E-state index is 14.6. The third-order valence-electron chi connectivity index (χ3n) is 5.33. The van der Waals surface area contributed by atoms with E-state index in [1.165, 1.54) is 37.2 Å². The number of anilines is 1. The highest BCUT2D eigenvalue weighted by molar-refractivity contribution is 7.90. The quantitative estimate of drug-likeness (QED) is 0.462. The van der Waals surface area contributed by atoms with Gasteiger partial charge in [0.05, 0.1) is 5.69 Å². The van der Waals surface area contributed by atoms with E-state index >= 15 is 0 Å². The molecular weight excluding hydrogens is 459 g/mol. The average Bonchev–Trinajstić information content (AvgIpc) is 2.81. The summed E-state index contributed by atoms with van der Waals surface area (Å²) in [6, 6.07) is 13.6. The van der Waals surface area contributed by atoms with Crippen molar-refractivity contribution in [3.63, 3.8) is 0 Å². The second-order valence-corrected chi connectivity index (χ2v) is 10.1. The fourth-order valence-corrected chi connectivity index (χ4v) is 4.32. The molecule has 186 valence electrons. The molecule has 0 heterocycles. The Bertz CT molecular complexity index is 1060. The molecular formula is C24H33FN4O4S. The van der Waals surface area contributed by atoms with Crippen molar-refractivity contribution in [1.29, 1.82) is 0 Å². The predicted octanol–water partition coefficient (Wildman–Crippen LogP) is 2.77. The van der Waals surface area contributed by atoms with Crippen LogP contribution in [0.1, 0.15) is 32.3 Å². The molecule has 1 atom stereocenters. The number of hydrogen-bond donors (Lipinski definition) is 1. The lowest BCUT2D eigenvalue weighted by Crippen LogP contribution is -2.52. The SMILES string of the molecule is CCCCNC(=O)[C@H](C)N(Cc1ccccc1)C(=O)CN(c1ccccc1F)S(=O)(=O)N(C)C. The van der Waals surface area contributed by atoms with Gasteiger partial charge in [-0.3, -0.25) is 9.59 Å². The van der Waals surface area contributed by atoms with Crippen LogP contribution in [0, 0.1) is 5.82 Å². The summed E-state index contributed by atoms with van der Waals surface area (Å²) in [5.74, 6) is -1.75. The molecule has 10 heteroatoms. The van der Waals surface area contributed by atoms with Crippen LogP contribution < -0.4 is 9.62 Å². The van der Waals surface area contributed by atoms with Gasteiger partial charge in [0, 0.05) is 27.2 Å². The molecule has 0 aromatic heterocycles. The minimum absolute atomic E-state index is 0.0924. The molecule has 2 aromatic carbocycles. The van der Waals surface area contributed by atoms with Crippen molar-refractivity contribution in [2.45, 2.75) is 39.3 Å². The summed E-state index contributed by atoms with van der Waals surface area (Å²) in [5.41, 5.74) is 0.529. The summed E-state index contributed by atoms with van der Waals surface area (Å²) in [6.07, 6.45) is 1.70. The minimum Gasteiger partial charge on any atom is -0.354 e. The fraction of sp³-hybridized carbons (Fsp3) is 0.417. The third kappa shape index (κ3) is 7.01. The van der Waals surface area contributed by atoms with Crippen LogP contribution >= 0.6 is 0 Å². The standard InChI is InChI=1S/C24H33FN4O4S/c1-5-6-16-26-24(31)19(2)28(17-20-12-8-7-9-13-20)23(30)18-29(34(32,33)27(3)4)22-15-11-10-14-21(22)25/h7-15,19H,5-6,16-18H2,1-4H3,(H,26,31)/t19-/m0/s1. The van der Waals surface area contributed by atoms with E-state index in [0.717, 1.165) is 33.1 Å². The second-order valence-electron chi connectivity index (χ2n) is 8.08. The van der Waals surface area contributed by atoms with Gasteiger partial charge in [0.25, 0.3) is 0 Å². The van der Waals surface area contributed by atoms with E-state index < -0.39 is 34.5 Å². The normalized spacial score (nSPS) is 12.3. The van der Waals surface area contributed by atoms with Crippen LogP contribution in [0.5, 0.6) is 0 Å². The second kappa shape index (κ2) is 12.5. The zero-order valence-corrected chi connectivity index (χ0v) is 20.9. The van der Waals surface area contributed by atoms with E-state index in [0.29, 0.717) is 6.54 Å². The number of para-hydroxylation sites is 1. The molecule has 0 saturated carbocycles. The fourth-order valence-electron chi connectivity index (χ4n) is 3.25. The maximum Gasteiger partial charge on any atom is 0.304 e. The van der Waals surface area contributed by atoms with Crippen LogP contribution in [0.25, 0.3) is 0 Å². The number of hydrogen-bond acceptors (Lipinski definition) is 4. The number of rotatable bonds is 12. The molecule has 0 aliphatic carbocycles. The van der Waals surface area contributed by atoms with Gasteiger partial charge in [0.1, 0.15) is 18.4 Å². The summed E-state index contributed by atoms with van der Waals surface area (Å²) < 4.78 is 42.2. The highest BCUT2D eigenvalue weighted by Gasteiger charge is 2.33. The lowest BCUT2D eigenvalue weighted by Gasteiger charge is -2.33. The van der Waals surface area contributed by atoms with E-state index in [1.54, 1.807) is 6.92 Å². The van der Waals surface area contributed by atoms with E-state index in [-0.39, 0.29) is 18.1 Å². The van der Waals surface area contributed by atoms with Crippen LogP contribution in [-0.4, -0.2) is 62.7 Å². The highest BCUT2D eigenvalue weighted by Crippen LogP contribution is 2.23. The van der Waals surface area contributed by atoms with E-state index in [2.05, 4.69) is 5.32 Å². The predicted molar refractivity (Wildman–Crippen MR) is 131 cm³/mol. The zero-order chi connectivity index (χ0) is 25.3. The van der Waals surface area contributed by atoms with Gasteiger partial charge in [0.15, 0.2) is 0 Å². The van der Waals surface area contributed by atoms with Gasteiger partial charge >= 0.3 is 10.2 Å². The molecule has 2 rings (SSSR count). The largest absolute Gasteiger partial charge is 0.354 e. The topological polar surface area (TPSA) is 90.0 Å². The summed E-state index contributed by atoms with van der Waals surface area (Å²) in [5, 5.41) is 2.81. The number of benzene rings is 2. The maximum atomic E-state index is 14.6. The number of carbonyl (C=O) groups is 2. The Balaban J connectivity index is 2.40. The van der Waals surface area contributed by atoms with Crippen LogP contribution in [0.2, 0.25) is 0 Å². The van der Waals surface area contributed by atoms with E-state index in [1.807, 2.05) is 37.3 Å². The molecule has 0 aliphatic heterocycles. The number of nitrogens with zero attached hydrogens (tertiary/aromatic N) is 3.